The molecule has 1 aromatic carbocycles. The molecule has 2 heterocycles. The molecule has 1 amide bonds. The van der Waals surface area contributed by atoms with E-state index in [2.05, 4.69) is 5.32 Å². The van der Waals surface area contributed by atoms with Gasteiger partial charge in [-0.25, -0.2) is 0 Å². The minimum Gasteiger partial charge on any atom is -0.455 e. The molecule has 27 heavy (non-hydrogen) atoms. The summed E-state index contributed by atoms with van der Waals surface area (Å²) in [5.41, 5.74) is -0.253. The molecule has 1 aromatic rings. The fourth-order valence-corrected chi connectivity index (χ4v) is 3.17. The van der Waals surface area contributed by atoms with Gasteiger partial charge in [-0.05, 0) is 19.9 Å². The summed E-state index contributed by atoms with van der Waals surface area (Å²) in [7, 11) is 0. The summed E-state index contributed by atoms with van der Waals surface area (Å²) < 4.78 is 22.8. The number of aliphatic hydroxyl groups excluding tert-OH is 1. The van der Waals surface area contributed by atoms with Crippen LogP contribution in [-0.4, -0.2) is 59.0 Å². The molecule has 10 heteroatoms. The van der Waals surface area contributed by atoms with E-state index >= 15 is 0 Å². The number of fused-ring (bicyclic) bond motifs is 1. The highest BCUT2D eigenvalue weighted by molar-refractivity contribution is 5.73. The Bertz CT molecular complexity index is 725. The molecule has 5 unspecified atom stereocenters. The zero-order chi connectivity index (χ0) is 19.8. The van der Waals surface area contributed by atoms with Gasteiger partial charge in [0.2, 0.25) is 12.2 Å². The van der Waals surface area contributed by atoms with Crippen LogP contribution < -0.4 is 10.1 Å². The monoisotopic (exact) mass is 382 g/mol. The largest absolute Gasteiger partial charge is 0.455 e. The third-order valence-electron chi connectivity index (χ3n) is 4.36. The predicted molar refractivity (Wildman–Crippen MR) is 90.9 cm³/mol. The van der Waals surface area contributed by atoms with Crippen molar-refractivity contribution in [3.63, 3.8) is 0 Å². The van der Waals surface area contributed by atoms with Crippen molar-refractivity contribution in [2.24, 2.45) is 0 Å². The number of amides is 1. The maximum atomic E-state index is 11.6. The smallest absolute Gasteiger partial charge is 0.311 e. The van der Waals surface area contributed by atoms with Crippen molar-refractivity contribution >= 4 is 11.6 Å². The fourth-order valence-electron chi connectivity index (χ4n) is 3.17. The molecule has 0 radical (unpaired) electrons. The quantitative estimate of drug-likeness (QED) is 0.575. The van der Waals surface area contributed by atoms with Crippen molar-refractivity contribution in [1.29, 1.82) is 0 Å². The normalized spacial score (nSPS) is 32.2. The second-order valence-electron chi connectivity index (χ2n) is 6.90. The highest BCUT2D eigenvalue weighted by Crippen LogP contribution is 2.35. The Labute approximate surface area is 155 Å². The third kappa shape index (κ3) is 4.19. The van der Waals surface area contributed by atoms with Crippen LogP contribution in [0.15, 0.2) is 24.3 Å². The van der Waals surface area contributed by atoms with Crippen molar-refractivity contribution < 1.29 is 33.8 Å². The van der Waals surface area contributed by atoms with E-state index in [1.165, 1.54) is 25.1 Å². The first kappa shape index (κ1) is 19.5. The Morgan fingerprint density at radius 1 is 1.41 bits per heavy atom. The molecule has 2 saturated heterocycles. The lowest BCUT2D eigenvalue weighted by Gasteiger charge is -2.49. The van der Waals surface area contributed by atoms with Crippen molar-refractivity contribution in [3.8, 4) is 5.75 Å². The van der Waals surface area contributed by atoms with Crippen molar-refractivity contribution in [2.75, 3.05) is 6.61 Å². The van der Waals surface area contributed by atoms with Crippen LogP contribution in [0.1, 0.15) is 20.8 Å². The number of para-hydroxylation sites is 2. The summed E-state index contributed by atoms with van der Waals surface area (Å²) in [6, 6.07) is 4.81. The maximum Gasteiger partial charge on any atom is 0.311 e. The van der Waals surface area contributed by atoms with E-state index in [0.29, 0.717) is 0 Å². The molecule has 0 aliphatic carbocycles. The predicted octanol–water partition coefficient (Wildman–Crippen LogP) is 0.716. The molecule has 2 N–H and O–H groups in total. The topological polar surface area (TPSA) is 129 Å². The lowest BCUT2D eigenvalue weighted by molar-refractivity contribution is -0.388. The first-order chi connectivity index (χ1) is 12.7. The van der Waals surface area contributed by atoms with Crippen molar-refractivity contribution in [1.82, 2.24) is 5.32 Å². The number of benzene rings is 1. The first-order valence-electron chi connectivity index (χ1n) is 8.50. The highest BCUT2D eigenvalue weighted by Gasteiger charge is 2.52. The zero-order valence-electron chi connectivity index (χ0n) is 15.2. The van der Waals surface area contributed by atoms with E-state index in [9.17, 15) is 20.0 Å². The van der Waals surface area contributed by atoms with Crippen LogP contribution >= 0.6 is 0 Å². The zero-order valence-corrected chi connectivity index (χ0v) is 15.2. The number of nitrogens with zero attached hydrogens (tertiary/aromatic N) is 1. The van der Waals surface area contributed by atoms with Gasteiger partial charge in [-0.15, -0.1) is 0 Å². The van der Waals surface area contributed by atoms with Gasteiger partial charge in [0, 0.05) is 13.0 Å². The number of nitrogens with one attached hydrogen (secondary N) is 1. The van der Waals surface area contributed by atoms with E-state index in [1.807, 2.05) is 0 Å². The van der Waals surface area contributed by atoms with Crippen LogP contribution in [0.25, 0.3) is 0 Å². The van der Waals surface area contributed by atoms with Gasteiger partial charge in [-0.1, -0.05) is 12.1 Å². The average Bonchev–Trinajstić information content (AvgIpc) is 2.59. The molecule has 0 bridgehead atoms. The van der Waals surface area contributed by atoms with Gasteiger partial charge >= 0.3 is 5.69 Å². The molecular formula is C17H22N2O8. The molecule has 2 aliphatic rings. The molecule has 5 atom stereocenters. The SMILES string of the molecule is CC(=O)NC1C(Oc2ccccc2[N+](=O)[O-])OC2COC(C)(C)OC2C1O. The van der Waals surface area contributed by atoms with Gasteiger partial charge in [0.15, 0.2) is 11.5 Å². The van der Waals surface area contributed by atoms with E-state index in [0.717, 1.165) is 0 Å². The highest BCUT2D eigenvalue weighted by atomic mass is 16.8. The average molecular weight is 382 g/mol. The Morgan fingerprint density at radius 2 is 2.11 bits per heavy atom. The summed E-state index contributed by atoms with van der Waals surface area (Å²) in [5.74, 6) is -1.37. The van der Waals surface area contributed by atoms with Crippen LogP contribution in [0.2, 0.25) is 0 Å². The maximum absolute atomic E-state index is 11.6. The second kappa shape index (κ2) is 7.39. The van der Waals surface area contributed by atoms with Crippen LogP contribution in [0.3, 0.4) is 0 Å². The van der Waals surface area contributed by atoms with Gasteiger partial charge < -0.3 is 29.4 Å². The van der Waals surface area contributed by atoms with Crippen LogP contribution in [-0.2, 0) is 19.0 Å². The van der Waals surface area contributed by atoms with Crippen LogP contribution in [0.4, 0.5) is 5.69 Å². The van der Waals surface area contributed by atoms with Crippen molar-refractivity contribution in [3.05, 3.63) is 34.4 Å². The Morgan fingerprint density at radius 3 is 2.78 bits per heavy atom. The van der Waals surface area contributed by atoms with Gasteiger partial charge in [0.1, 0.15) is 24.4 Å². The van der Waals surface area contributed by atoms with Gasteiger partial charge in [-0.3, -0.25) is 14.9 Å². The third-order valence-corrected chi connectivity index (χ3v) is 4.36. The molecule has 2 fully saturated rings. The van der Waals surface area contributed by atoms with E-state index in [-0.39, 0.29) is 18.0 Å². The summed E-state index contributed by atoms with van der Waals surface area (Å²) in [5, 5.41) is 24.6. The minimum atomic E-state index is -1.17. The number of aliphatic hydroxyl groups is 1. The molecular weight excluding hydrogens is 360 g/mol. The lowest BCUT2D eigenvalue weighted by atomic mass is 9.95. The molecule has 148 valence electrons. The second-order valence-corrected chi connectivity index (χ2v) is 6.90. The van der Waals surface area contributed by atoms with Crippen LogP contribution in [0.5, 0.6) is 5.75 Å². The van der Waals surface area contributed by atoms with Gasteiger partial charge in [-0.2, -0.15) is 0 Å². The van der Waals surface area contributed by atoms with E-state index < -0.39 is 47.3 Å². The lowest BCUT2D eigenvalue weighted by Crippen LogP contribution is -2.69. The molecule has 2 aliphatic heterocycles. The molecule has 0 aromatic heterocycles. The Balaban J connectivity index is 1.87. The number of hydrogen-bond acceptors (Lipinski definition) is 8. The Kier molecular flexibility index (Phi) is 5.33. The molecule has 0 spiro atoms. The Hall–Kier alpha value is -2.27. The number of carbonyl (C=O) groups excluding carboxylic acids is 1. The van der Waals surface area contributed by atoms with Gasteiger partial charge in [0.05, 0.1) is 11.5 Å². The number of nitro groups is 1. The number of nitro benzene ring substituents is 1. The number of carbonyl (C=O) groups is 1. The molecule has 3 rings (SSSR count). The number of hydrogen-bond donors (Lipinski definition) is 2. The van der Waals surface area contributed by atoms with E-state index in [1.54, 1.807) is 19.9 Å². The van der Waals surface area contributed by atoms with Gasteiger partial charge in [0.25, 0.3) is 0 Å². The molecule has 10 nitrogen and oxygen atoms in total. The van der Waals surface area contributed by atoms with Crippen molar-refractivity contribution in [2.45, 2.75) is 57.2 Å². The van der Waals surface area contributed by atoms with E-state index in [4.69, 9.17) is 18.9 Å². The summed E-state index contributed by atoms with van der Waals surface area (Å²) in [6.07, 6.45) is -3.75. The number of ether oxygens (including phenoxy) is 4. The summed E-state index contributed by atoms with van der Waals surface area (Å²) in [6.45, 7) is 4.84. The number of rotatable bonds is 4. The van der Waals surface area contributed by atoms with Crippen LogP contribution in [0, 0.1) is 10.1 Å². The standard InChI is InChI=1S/C17H22N2O8/c1-9(20)18-13-14(21)15-12(8-24-17(2,3)27-15)26-16(13)25-11-7-5-4-6-10(11)19(22)23/h4-7,12-16,21H,8H2,1-3H3,(H,18,20). The fraction of sp³-hybridized carbons (Fsp3) is 0.588. The first-order valence-corrected chi connectivity index (χ1v) is 8.50. The minimum absolute atomic E-state index is 0.0357. The summed E-state index contributed by atoms with van der Waals surface area (Å²) >= 11 is 0. The summed E-state index contributed by atoms with van der Waals surface area (Å²) in [4.78, 5) is 22.2. The molecule has 0 saturated carbocycles.